The number of nitrogens with one attached hydrogen (secondary N) is 1. The Balaban J connectivity index is 1.95. The van der Waals surface area contributed by atoms with Crippen LogP contribution >= 0.6 is 0 Å². The molecule has 3 rings (SSSR count). The van der Waals surface area contributed by atoms with Gasteiger partial charge in [0.15, 0.2) is 0 Å². The van der Waals surface area contributed by atoms with E-state index < -0.39 is 0 Å². The molecule has 3 aromatic rings. The average molecular weight is 286 g/mol. The van der Waals surface area contributed by atoms with Gasteiger partial charge in [-0.25, -0.2) is 4.98 Å². The van der Waals surface area contributed by atoms with Gasteiger partial charge in [-0.3, -0.25) is 4.98 Å². The second-order valence-electron chi connectivity index (χ2n) is 4.91. The summed E-state index contributed by atoms with van der Waals surface area (Å²) in [5.41, 5.74) is 4.25. The van der Waals surface area contributed by atoms with Crippen LogP contribution in [0.4, 0.5) is 11.5 Å². The Bertz CT molecular complexity index is 835. The van der Waals surface area contributed by atoms with Crippen molar-refractivity contribution in [3.8, 4) is 17.2 Å². The third-order valence-corrected chi connectivity index (χ3v) is 3.27. The van der Waals surface area contributed by atoms with Crippen LogP contribution < -0.4 is 5.32 Å². The minimum atomic E-state index is 0.510. The molecule has 0 amide bonds. The zero-order valence-electron chi connectivity index (χ0n) is 12.1. The highest BCUT2D eigenvalue weighted by Crippen LogP contribution is 2.24. The van der Waals surface area contributed by atoms with E-state index in [1.807, 2.05) is 55.5 Å². The first kappa shape index (κ1) is 13.8. The van der Waals surface area contributed by atoms with Gasteiger partial charge in [-0.05, 0) is 30.7 Å². The molecule has 0 bridgehead atoms. The SMILES string of the molecule is Cc1cc(Nc2ncc(-c3ccccc3)cc2C#N)ccn1. The fourth-order valence-corrected chi connectivity index (χ4v) is 2.20. The van der Waals surface area contributed by atoms with E-state index in [1.54, 1.807) is 12.4 Å². The van der Waals surface area contributed by atoms with E-state index in [-0.39, 0.29) is 0 Å². The minimum absolute atomic E-state index is 0.510. The van der Waals surface area contributed by atoms with Crippen molar-refractivity contribution in [2.24, 2.45) is 0 Å². The van der Waals surface area contributed by atoms with Crippen LogP contribution in [0.2, 0.25) is 0 Å². The molecular weight excluding hydrogens is 272 g/mol. The molecule has 2 aromatic heterocycles. The van der Waals surface area contributed by atoms with E-state index in [0.29, 0.717) is 11.4 Å². The predicted molar refractivity (Wildman–Crippen MR) is 86.6 cm³/mol. The molecule has 0 fully saturated rings. The van der Waals surface area contributed by atoms with Crippen molar-refractivity contribution in [1.82, 2.24) is 9.97 Å². The van der Waals surface area contributed by atoms with Crippen molar-refractivity contribution in [2.75, 3.05) is 5.32 Å². The molecule has 0 spiro atoms. The number of hydrogen-bond acceptors (Lipinski definition) is 4. The highest BCUT2D eigenvalue weighted by molar-refractivity contribution is 5.70. The summed E-state index contributed by atoms with van der Waals surface area (Å²) in [5.74, 6) is 0.549. The van der Waals surface area contributed by atoms with E-state index in [1.165, 1.54) is 0 Å². The van der Waals surface area contributed by atoms with Gasteiger partial charge in [-0.2, -0.15) is 5.26 Å². The molecule has 1 aromatic carbocycles. The number of anilines is 2. The number of nitriles is 1. The van der Waals surface area contributed by atoms with Gasteiger partial charge in [0, 0.05) is 29.3 Å². The number of hydrogen-bond donors (Lipinski definition) is 1. The maximum atomic E-state index is 9.38. The summed E-state index contributed by atoms with van der Waals surface area (Å²) in [6.45, 7) is 1.92. The van der Waals surface area contributed by atoms with Crippen LogP contribution in [0.3, 0.4) is 0 Å². The maximum Gasteiger partial charge on any atom is 0.148 e. The van der Waals surface area contributed by atoms with Crippen LogP contribution in [0.25, 0.3) is 11.1 Å². The summed E-state index contributed by atoms with van der Waals surface area (Å²) < 4.78 is 0. The molecule has 22 heavy (non-hydrogen) atoms. The summed E-state index contributed by atoms with van der Waals surface area (Å²) in [4.78, 5) is 8.55. The number of benzene rings is 1. The molecule has 0 aliphatic rings. The molecule has 0 radical (unpaired) electrons. The van der Waals surface area contributed by atoms with Crippen LogP contribution in [0, 0.1) is 18.3 Å². The fourth-order valence-electron chi connectivity index (χ4n) is 2.20. The molecule has 0 saturated heterocycles. The van der Waals surface area contributed by atoms with Gasteiger partial charge in [-0.1, -0.05) is 30.3 Å². The molecule has 106 valence electrons. The van der Waals surface area contributed by atoms with Crippen molar-refractivity contribution < 1.29 is 0 Å². The van der Waals surface area contributed by atoms with Crippen LogP contribution in [-0.2, 0) is 0 Å². The summed E-state index contributed by atoms with van der Waals surface area (Å²) in [6, 6.07) is 17.7. The van der Waals surface area contributed by atoms with E-state index in [4.69, 9.17) is 0 Å². The van der Waals surface area contributed by atoms with Gasteiger partial charge in [0.2, 0.25) is 0 Å². The third kappa shape index (κ3) is 2.94. The van der Waals surface area contributed by atoms with Crippen LogP contribution in [0.1, 0.15) is 11.3 Å². The second kappa shape index (κ2) is 6.06. The molecule has 4 heteroatoms. The number of pyridine rings is 2. The van der Waals surface area contributed by atoms with Gasteiger partial charge >= 0.3 is 0 Å². The Morgan fingerprint density at radius 2 is 1.82 bits per heavy atom. The molecule has 0 aliphatic carbocycles. The molecular formula is C18H14N4. The van der Waals surface area contributed by atoms with Gasteiger partial charge in [-0.15, -0.1) is 0 Å². The first-order valence-corrected chi connectivity index (χ1v) is 6.91. The average Bonchev–Trinajstić information content (AvgIpc) is 2.56. The summed E-state index contributed by atoms with van der Waals surface area (Å²) in [5, 5.41) is 12.5. The van der Waals surface area contributed by atoms with E-state index >= 15 is 0 Å². The first-order chi connectivity index (χ1) is 10.8. The molecule has 4 nitrogen and oxygen atoms in total. The zero-order chi connectivity index (χ0) is 15.4. The van der Waals surface area contributed by atoms with Gasteiger partial charge in [0.05, 0.1) is 5.56 Å². The lowest BCUT2D eigenvalue weighted by Gasteiger charge is -2.09. The summed E-state index contributed by atoms with van der Waals surface area (Å²) >= 11 is 0. The van der Waals surface area contributed by atoms with Gasteiger partial charge in [0.25, 0.3) is 0 Å². The molecule has 0 saturated carbocycles. The first-order valence-electron chi connectivity index (χ1n) is 6.91. The predicted octanol–water partition coefficient (Wildman–Crippen LogP) is 4.07. The topological polar surface area (TPSA) is 61.6 Å². The quantitative estimate of drug-likeness (QED) is 0.788. The Labute approximate surface area is 129 Å². The Kier molecular flexibility index (Phi) is 3.80. The Morgan fingerprint density at radius 3 is 2.55 bits per heavy atom. The van der Waals surface area contributed by atoms with E-state index in [9.17, 15) is 5.26 Å². The van der Waals surface area contributed by atoms with Crippen molar-refractivity contribution >= 4 is 11.5 Å². The van der Waals surface area contributed by atoms with Crippen molar-refractivity contribution in [3.63, 3.8) is 0 Å². The molecule has 2 heterocycles. The van der Waals surface area contributed by atoms with Crippen molar-refractivity contribution in [2.45, 2.75) is 6.92 Å². The lowest BCUT2D eigenvalue weighted by atomic mass is 10.1. The molecule has 1 N–H and O–H groups in total. The van der Waals surface area contributed by atoms with Crippen LogP contribution in [-0.4, -0.2) is 9.97 Å². The summed E-state index contributed by atoms with van der Waals surface area (Å²) in [7, 11) is 0. The number of aryl methyl sites for hydroxylation is 1. The smallest absolute Gasteiger partial charge is 0.148 e. The van der Waals surface area contributed by atoms with Crippen molar-refractivity contribution in [1.29, 1.82) is 5.26 Å². The number of nitrogens with zero attached hydrogens (tertiary/aromatic N) is 3. The standard InChI is InChI=1S/C18H14N4/c1-13-9-17(7-8-20-13)22-18-15(11-19)10-16(12-21-18)14-5-3-2-4-6-14/h2-10,12H,1H3,(H,20,21,22). The minimum Gasteiger partial charge on any atom is -0.339 e. The maximum absolute atomic E-state index is 9.38. The monoisotopic (exact) mass is 286 g/mol. The van der Waals surface area contributed by atoms with Crippen LogP contribution in [0.5, 0.6) is 0 Å². The highest BCUT2D eigenvalue weighted by Gasteiger charge is 2.07. The van der Waals surface area contributed by atoms with Crippen LogP contribution in [0.15, 0.2) is 60.9 Å². The normalized spacial score (nSPS) is 10.0. The second-order valence-corrected chi connectivity index (χ2v) is 4.91. The lowest BCUT2D eigenvalue weighted by molar-refractivity contribution is 1.19. The summed E-state index contributed by atoms with van der Waals surface area (Å²) in [6.07, 6.45) is 3.49. The molecule has 0 atom stereocenters. The Morgan fingerprint density at radius 1 is 1.00 bits per heavy atom. The van der Waals surface area contributed by atoms with E-state index in [0.717, 1.165) is 22.5 Å². The largest absolute Gasteiger partial charge is 0.339 e. The van der Waals surface area contributed by atoms with E-state index in [2.05, 4.69) is 21.4 Å². The number of rotatable bonds is 3. The molecule has 0 unspecified atom stereocenters. The van der Waals surface area contributed by atoms with Crippen molar-refractivity contribution in [3.05, 3.63) is 72.2 Å². The fraction of sp³-hybridized carbons (Fsp3) is 0.0556. The molecule has 0 aliphatic heterocycles. The van der Waals surface area contributed by atoms with Gasteiger partial charge < -0.3 is 5.32 Å². The highest BCUT2D eigenvalue weighted by atomic mass is 15.0. The zero-order valence-corrected chi connectivity index (χ0v) is 12.1. The lowest BCUT2D eigenvalue weighted by Crippen LogP contribution is -1.98. The Hall–Kier alpha value is -3.19. The third-order valence-electron chi connectivity index (χ3n) is 3.27. The number of aromatic nitrogens is 2. The van der Waals surface area contributed by atoms with Gasteiger partial charge in [0.1, 0.15) is 11.9 Å².